The van der Waals surface area contributed by atoms with Gasteiger partial charge in [0.2, 0.25) is 0 Å². The molecule has 1 aromatic rings. The summed E-state index contributed by atoms with van der Waals surface area (Å²) in [5.41, 5.74) is 1.12. The van der Waals surface area contributed by atoms with Crippen molar-refractivity contribution in [3.8, 4) is 0 Å². The minimum atomic E-state index is 0.463. The molecule has 4 heteroatoms. The van der Waals surface area contributed by atoms with Crippen molar-refractivity contribution >= 4 is 11.6 Å². The van der Waals surface area contributed by atoms with Gasteiger partial charge >= 0.3 is 0 Å². The SMILES string of the molecule is CCCCC(C)Nc1nc(C2CC2)nc(NC)c1C. The van der Waals surface area contributed by atoms with Gasteiger partial charge in [-0.05, 0) is 33.1 Å². The van der Waals surface area contributed by atoms with Crippen LogP contribution in [0.15, 0.2) is 0 Å². The van der Waals surface area contributed by atoms with Crippen LogP contribution in [0.2, 0.25) is 0 Å². The highest BCUT2D eigenvalue weighted by Gasteiger charge is 2.28. The molecule has 1 unspecified atom stereocenters. The second-order valence-corrected chi connectivity index (χ2v) is 5.62. The van der Waals surface area contributed by atoms with Crippen molar-refractivity contribution in [2.24, 2.45) is 0 Å². The van der Waals surface area contributed by atoms with Gasteiger partial charge in [-0.3, -0.25) is 0 Å². The van der Waals surface area contributed by atoms with E-state index in [4.69, 9.17) is 4.98 Å². The van der Waals surface area contributed by atoms with Crippen molar-refractivity contribution in [2.75, 3.05) is 17.7 Å². The quantitative estimate of drug-likeness (QED) is 0.786. The molecule has 106 valence electrons. The highest BCUT2D eigenvalue weighted by atomic mass is 15.1. The third kappa shape index (κ3) is 3.58. The van der Waals surface area contributed by atoms with E-state index in [0.717, 1.165) is 23.0 Å². The molecule has 4 nitrogen and oxygen atoms in total. The van der Waals surface area contributed by atoms with Gasteiger partial charge in [0.05, 0.1) is 0 Å². The Kier molecular flexibility index (Phi) is 4.61. The number of unbranched alkanes of at least 4 members (excludes halogenated alkanes) is 1. The van der Waals surface area contributed by atoms with E-state index in [1.807, 2.05) is 7.05 Å². The molecular weight excluding hydrogens is 236 g/mol. The number of hydrogen-bond donors (Lipinski definition) is 2. The third-order valence-corrected chi connectivity index (χ3v) is 3.72. The lowest BCUT2D eigenvalue weighted by atomic mass is 10.1. The first-order chi connectivity index (χ1) is 9.15. The Hall–Kier alpha value is -1.32. The topological polar surface area (TPSA) is 49.8 Å². The van der Waals surface area contributed by atoms with Crippen LogP contribution in [0.4, 0.5) is 11.6 Å². The van der Waals surface area contributed by atoms with Gasteiger partial charge in [-0.1, -0.05) is 19.8 Å². The van der Waals surface area contributed by atoms with E-state index in [9.17, 15) is 0 Å². The van der Waals surface area contributed by atoms with Crippen LogP contribution >= 0.6 is 0 Å². The number of nitrogens with zero attached hydrogens (tertiary/aromatic N) is 2. The van der Waals surface area contributed by atoms with Crippen LogP contribution in [0.1, 0.15) is 63.3 Å². The van der Waals surface area contributed by atoms with Crippen LogP contribution in [-0.2, 0) is 0 Å². The van der Waals surface area contributed by atoms with E-state index in [1.165, 1.54) is 32.1 Å². The molecule has 0 bridgehead atoms. The van der Waals surface area contributed by atoms with Gasteiger partial charge < -0.3 is 10.6 Å². The van der Waals surface area contributed by atoms with Gasteiger partial charge in [-0.2, -0.15) is 0 Å². The van der Waals surface area contributed by atoms with Gasteiger partial charge in [0.15, 0.2) is 0 Å². The van der Waals surface area contributed by atoms with Gasteiger partial charge in [0, 0.05) is 24.6 Å². The molecule has 19 heavy (non-hydrogen) atoms. The summed E-state index contributed by atoms with van der Waals surface area (Å²) in [6.45, 7) is 6.54. The van der Waals surface area contributed by atoms with Crippen molar-refractivity contribution in [3.63, 3.8) is 0 Å². The lowest BCUT2D eigenvalue weighted by molar-refractivity contribution is 0.642. The average Bonchev–Trinajstić information content (AvgIpc) is 3.23. The molecule has 1 aliphatic carbocycles. The number of aromatic nitrogens is 2. The molecule has 1 aliphatic rings. The minimum absolute atomic E-state index is 0.463. The number of hydrogen-bond acceptors (Lipinski definition) is 4. The van der Waals surface area contributed by atoms with Crippen molar-refractivity contribution < 1.29 is 0 Å². The number of rotatable bonds is 7. The van der Waals surface area contributed by atoms with Crippen LogP contribution in [0.5, 0.6) is 0 Å². The summed E-state index contributed by atoms with van der Waals surface area (Å²) >= 11 is 0. The highest BCUT2D eigenvalue weighted by Crippen LogP contribution is 2.39. The second kappa shape index (κ2) is 6.22. The van der Waals surface area contributed by atoms with Crippen molar-refractivity contribution in [2.45, 2.75) is 64.8 Å². The van der Waals surface area contributed by atoms with Crippen LogP contribution in [0.25, 0.3) is 0 Å². The number of nitrogens with one attached hydrogen (secondary N) is 2. The predicted octanol–water partition coefficient (Wildman–Crippen LogP) is 3.69. The summed E-state index contributed by atoms with van der Waals surface area (Å²) < 4.78 is 0. The predicted molar refractivity (Wildman–Crippen MR) is 80.9 cm³/mol. The monoisotopic (exact) mass is 262 g/mol. The molecule has 2 rings (SSSR count). The Balaban J connectivity index is 2.15. The van der Waals surface area contributed by atoms with Crippen LogP contribution < -0.4 is 10.6 Å². The van der Waals surface area contributed by atoms with Crippen LogP contribution in [-0.4, -0.2) is 23.1 Å². The van der Waals surface area contributed by atoms with Gasteiger partial charge in [-0.15, -0.1) is 0 Å². The summed E-state index contributed by atoms with van der Waals surface area (Å²) in [5.74, 6) is 3.55. The standard InChI is InChI=1S/C15H26N4/c1-5-6-7-10(2)17-14-11(3)13(16-4)18-15(19-14)12-8-9-12/h10,12H,5-9H2,1-4H3,(H2,16,17,18,19). The first-order valence-electron chi connectivity index (χ1n) is 7.48. The number of anilines is 2. The molecule has 0 aromatic carbocycles. The van der Waals surface area contributed by atoms with Gasteiger partial charge in [-0.25, -0.2) is 9.97 Å². The Bertz CT molecular complexity index is 426. The van der Waals surface area contributed by atoms with Crippen molar-refractivity contribution in [3.05, 3.63) is 11.4 Å². The molecule has 1 fully saturated rings. The van der Waals surface area contributed by atoms with E-state index >= 15 is 0 Å². The Morgan fingerprint density at radius 1 is 1.26 bits per heavy atom. The van der Waals surface area contributed by atoms with Crippen LogP contribution in [0.3, 0.4) is 0 Å². The minimum Gasteiger partial charge on any atom is -0.373 e. The first kappa shape index (κ1) is 14.1. The molecule has 0 amide bonds. The highest BCUT2D eigenvalue weighted by molar-refractivity contribution is 5.57. The summed E-state index contributed by atoms with van der Waals surface area (Å²) in [6, 6.07) is 0.463. The summed E-state index contributed by atoms with van der Waals surface area (Å²) in [4.78, 5) is 9.35. The third-order valence-electron chi connectivity index (χ3n) is 3.72. The fraction of sp³-hybridized carbons (Fsp3) is 0.733. The zero-order chi connectivity index (χ0) is 13.8. The van der Waals surface area contributed by atoms with E-state index in [0.29, 0.717) is 12.0 Å². The second-order valence-electron chi connectivity index (χ2n) is 5.62. The Morgan fingerprint density at radius 3 is 2.53 bits per heavy atom. The van der Waals surface area contributed by atoms with E-state index in [1.54, 1.807) is 0 Å². The van der Waals surface area contributed by atoms with Gasteiger partial charge in [0.25, 0.3) is 0 Å². The molecule has 1 heterocycles. The fourth-order valence-electron chi connectivity index (χ4n) is 2.26. The summed E-state index contributed by atoms with van der Waals surface area (Å²) in [5, 5.41) is 6.74. The normalized spacial score (nSPS) is 16.2. The lowest BCUT2D eigenvalue weighted by Gasteiger charge is -2.18. The molecule has 1 saturated carbocycles. The van der Waals surface area contributed by atoms with E-state index in [2.05, 4.69) is 36.4 Å². The molecular formula is C15H26N4. The lowest BCUT2D eigenvalue weighted by Crippen LogP contribution is -2.18. The molecule has 1 atom stereocenters. The molecule has 0 saturated heterocycles. The first-order valence-corrected chi connectivity index (χ1v) is 7.48. The maximum atomic E-state index is 4.73. The molecule has 0 spiro atoms. The van der Waals surface area contributed by atoms with Crippen molar-refractivity contribution in [1.29, 1.82) is 0 Å². The fourth-order valence-corrected chi connectivity index (χ4v) is 2.26. The maximum absolute atomic E-state index is 4.73. The molecule has 1 aromatic heterocycles. The zero-order valence-electron chi connectivity index (χ0n) is 12.6. The van der Waals surface area contributed by atoms with Crippen LogP contribution in [0, 0.1) is 6.92 Å². The Morgan fingerprint density at radius 2 is 1.95 bits per heavy atom. The molecule has 0 radical (unpaired) electrons. The average molecular weight is 262 g/mol. The van der Waals surface area contributed by atoms with Crippen molar-refractivity contribution in [1.82, 2.24) is 9.97 Å². The van der Waals surface area contributed by atoms with Gasteiger partial charge in [0.1, 0.15) is 17.5 Å². The van der Waals surface area contributed by atoms with E-state index < -0.39 is 0 Å². The molecule has 2 N–H and O–H groups in total. The maximum Gasteiger partial charge on any atom is 0.136 e. The Labute approximate surface area is 116 Å². The zero-order valence-corrected chi connectivity index (χ0v) is 12.6. The smallest absolute Gasteiger partial charge is 0.136 e. The molecule has 0 aliphatic heterocycles. The van der Waals surface area contributed by atoms with E-state index in [-0.39, 0.29) is 0 Å². The largest absolute Gasteiger partial charge is 0.373 e. The summed E-state index contributed by atoms with van der Waals surface area (Å²) in [7, 11) is 1.93. The summed E-state index contributed by atoms with van der Waals surface area (Å²) in [6.07, 6.45) is 6.15.